The van der Waals surface area contributed by atoms with Gasteiger partial charge in [0.15, 0.2) is 5.78 Å². The lowest BCUT2D eigenvalue weighted by Gasteiger charge is -2.20. The molecule has 1 amide bonds. The molecule has 0 saturated carbocycles. The van der Waals surface area contributed by atoms with E-state index in [4.69, 9.17) is 11.6 Å². The van der Waals surface area contributed by atoms with Crippen LogP contribution < -0.4 is 0 Å². The van der Waals surface area contributed by atoms with Gasteiger partial charge >= 0.3 is 0 Å². The molecule has 0 aliphatic carbocycles. The average molecular weight is 388 g/mol. The van der Waals surface area contributed by atoms with Crippen molar-refractivity contribution in [3.8, 4) is 0 Å². The van der Waals surface area contributed by atoms with Crippen LogP contribution >= 0.6 is 23.4 Å². The van der Waals surface area contributed by atoms with Crippen molar-refractivity contribution < 1.29 is 9.59 Å². The fourth-order valence-electron chi connectivity index (χ4n) is 3.15. The van der Waals surface area contributed by atoms with Crippen molar-refractivity contribution in [3.05, 3.63) is 70.7 Å². The van der Waals surface area contributed by atoms with Crippen LogP contribution in [-0.2, 0) is 4.79 Å². The lowest BCUT2D eigenvalue weighted by atomic mass is 10.1. The first-order chi connectivity index (χ1) is 12.6. The Bertz CT molecular complexity index is 766. The Balaban J connectivity index is 1.53. The molecule has 0 spiro atoms. The molecule has 1 atom stereocenters. The van der Waals surface area contributed by atoms with Crippen LogP contribution in [0.25, 0.3) is 0 Å². The van der Waals surface area contributed by atoms with Gasteiger partial charge in [0.25, 0.3) is 0 Å². The Morgan fingerprint density at radius 2 is 1.73 bits per heavy atom. The van der Waals surface area contributed by atoms with Crippen LogP contribution in [0.2, 0.25) is 5.02 Å². The van der Waals surface area contributed by atoms with Gasteiger partial charge in [-0.1, -0.05) is 60.1 Å². The molecular weight excluding hydrogens is 366 g/mol. The van der Waals surface area contributed by atoms with E-state index in [2.05, 4.69) is 6.07 Å². The Hall–Kier alpha value is -1.78. The van der Waals surface area contributed by atoms with Crippen molar-refractivity contribution in [3.63, 3.8) is 0 Å². The van der Waals surface area contributed by atoms with E-state index in [-0.39, 0.29) is 24.5 Å². The zero-order chi connectivity index (χ0) is 18.4. The molecule has 3 nitrogen and oxygen atoms in total. The highest BCUT2D eigenvalue weighted by molar-refractivity contribution is 7.99. The molecule has 1 heterocycles. The average Bonchev–Trinajstić information content (AvgIpc) is 2.93. The summed E-state index contributed by atoms with van der Waals surface area (Å²) in [5, 5.41) is 1.10. The second kappa shape index (κ2) is 9.24. The molecule has 2 aromatic carbocycles. The summed E-state index contributed by atoms with van der Waals surface area (Å²) in [5.41, 5.74) is 1.82. The summed E-state index contributed by atoms with van der Waals surface area (Å²) in [4.78, 5) is 26.6. The van der Waals surface area contributed by atoms with E-state index in [1.54, 1.807) is 12.1 Å². The maximum Gasteiger partial charge on any atom is 0.223 e. The number of thioether (sulfide) groups is 1. The molecule has 0 aromatic heterocycles. The molecule has 1 saturated heterocycles. The Morgan fingerprint density at radius 3 is 2.50 bits per heavy atom. The molecule has 0 N–H and O–H groups in total. The molecule has 2 aromatic rings. The minimum absolute atomic E-state index is 0.0251. The van der Waals surface area contributed by atoms with Crippen LogP contribution in [0.4, 0.5) is 0 Å². The molecule has 0 radical (unpaired) electrons. The lowest BCUT2D eigenvalue weighted by Crippen LogP contribution is -2.33. The Labute approximate surface area is 163 Å². The minimum atomic E-state index is 0.0251. The van der Waals surface area contributed by atoms with Gasteiger partial charge in [0.1, 0.15) is 0 Å². The molecular formula is C21H22ClNO2S. The zero-order valence-corrected chi connectivity index (χ0v) is 16.1. The third-order valence-corrected chi connectivity index (χ3v) is 6.26. The van der Waals surface area contributed by atoms with E-state index >= 15 is 0 Å². The largest absolute Gasteiger partial charge is 0.342 e. The maximum absolute atomic E-state index is 12.5. The zero-order valence-electron chi connectivity index (χ0n) is 14.6. The van der Waals surface area contributed by atoms with Crippen molar-refractivity contribution >= 4 is 35.1 Å². The number of halogens is 1. The molecule has 136 valence electrons. The number of nitrogens with zero attached hydrogens (tertiary/aromatic N) is 1. The number of hydrogen-bond donors (Lipinski definition) is 0. The summed E-state index contributed by atoms with van der Waals surface area (Å²) < 4.78 is 0. The molecule has 1 fully saturated rings. The summed E-state index contributed by atoms with van der Waals surface area (Å²) in [6.07, 6.45) is 1.42. The van der Waals surface area contributed by atoms with Gasteiger partial charge in [-0.25, -0.2) is 0 Å². The number of amides is 1. The molecule has 0 bridgehead atoms. The van der Waals surface area contributed by atoms with E-state index in [1.807, 2.05) is 53.1 Å². The van der Waals surface area contributed by atoms with Gasteiger partial charge in [-0.15, -0.1) is 0 Å². The van der Waals surface area contributed by atoms with E-state index in [1.165, 1.54) is 0 Å². The third-order valence-electron chi connectivity index (χ3n) is 4.61. The SMILES string of the molecule is O=C(CCC(=O)N1CCS[C@@H](c2ccccc2Cl)CC1)c1ccccc1. The minimum Gasteiger partial charge on any atom is -0.342 e. The Morgan fingerprint density at radius 1 is 1.00 bits per heavy atom. The first-order valence-corrected chi connectivity index (χ1v) is 10.3. The van der Waals surface area contributed by atoms with Crippen LogP contribution in [-0.4, -0.2) is 35.4 Å². The van der Waals surface area contributed by atoms with Gasteiger partial charge in [-0.2, -0.15) is 11.8 Å². The van der Waals surface area contributed by atoms with Gasteiger partial charge in [-0.05, 0) is 18.1 Å². The molecule has 0 unspecified atom stereocenters. The van der Waals surface area contributed by atoms with E-state index in [9.17, 15) is 9.59 Å². The van der Waals surface area contributed by atoms with Gasteiger partial charge < -0.3 is 4.90 Å². The number of Topliss-reactive ketones (excluding diaryl/α,β-unsaturated/α-hetero) is 1. The van der Waals surface area contributed by atoms with E-state index in [0.717, 1.165) is 29.3 Å². The van der Waals surface area contributed by atoms with Crippen molar-refractivity contribution in [1.82, 2.24) is 4.90 Å². The van der Waals surface area contributed by atoms with Crippen molar-refractivity contribution in [2.45, 2.75) is 24.5 Å². The summed E-state index contributed by atoms with van der Waals surface area (Å²) in [7, 11) is 0. The summed E-state index contributed by atoms with van der Waals surface area (Å²) >= 11 is 8.17. The van der Waals surface area contributed by atoms with Gasteiger partial charge in [0.05, 0.1) is 0 Å². The first-order valence-electron chi connectivity index (χ1n) is 8.87. The molecule has 26 heavy (non-hydrogen) atoms. The number of benzene rings is 2. The van der Waals surface area contributed by atoms with Crippen LogP contribution in [0.15, 0.2) is 54.6 Å². The topological polar surface area (TPSA) is 37.4 Å². The van der Waals surface area contributed by atoms with Crippen LogP contribution in [0, 0.1) is 0 Å². The smallest absolute Gasteiger partial charge is 0.223 e. The van der Waals surface area contributed by atoms with Crippen molar-refractivity contribution in [2.75, 3.05) is 18.8 Å². The summed E-state index contributed by atoms with van der Waals surface area (Å²) in [6, 6.07) is 17.1. The van der Waals surface area contributed by atoms with Crippen LogP contribution in [0.3, 0.4) is 0 Å². The van der Waals surface area contributed by atoms with Crippen LogP contribution in [0.1, 0.15) is 40.4 Å². The standard InChI is InChI=1S/C21H22ClNO2S/c22-18-9-5-4-8-17(18)20-12-13-23(14-15-26-20)21(25)11-10-19(24)16-6-2-1-3-7-16/h1-9,20H,10-15H2/t20-/m1/s1. The van der Waals surface area contributed by atoms with E-state index < -0.39 is 0 Å². The highest BCUT2D eigenvalue weighted by Crippen LogP contribution is 2.37. The first kappa shape index (κ1) is 19.0. The highest BCUT2D eigenvalue weighted by atomic mass is 35.5. The summed E-state index contributed by atoms with van der Waals surface area (Å²) in [5.74, 6) is 0.973. The number of rotatable bonds is 5. The second-order valence-corrected chi connectivity index (χ2v) is 8.06. The van der Waals surface area contributed by atoms with Gasteiger partial charge in [0, 0.05) is 47.5 Å². The maximum atomic E-state index is 12.5. The lowest BCUT2D eigenvalue weighted by molar-refractivity contribution is -0.130. The fraction of sp³-hybridized carbons (Fsp3) is 0.333. The summed E-state index contributed by atoms with van der Waals surface area (Å²) in [6.45, 7) is 1.44. The monoisotopic (exact) mass is 387 g/mol. The molecule has 3 rings (SSSR count). The number of hydrogen-bond acceptors (Lipinski definition) is 3. The van der Waals surface area contributed by atoms with Crippen molar-refractivity contribution in [2.24, 2.45) is 0 Å². The van der Waals surface area contributed by atoms with Crippen LogP contribution in [0.5, 0.6) is 0 Å². The fourth-order valence-corrected chi connectivity index (χ4v) is 4.75. The normalized spacial score (nSPS) is 17.6. The number of carbonyl (C=O) groups excluding carboxylic acids is 2. The molecule has 1 aliphatic heterocycles. The predicted molar refractivity (Wildman–Crippen MR) is 108 cm³/mol. The quantitative estimate of drug-likeness (QED) is 0.677. The van der Waals surface area contributed by atoms with Crippen molar-refractivity contribution in [1.29, 1.82) is 0 Å². The second-order valence-electron chi connectivity index (χ2n) is 6.34. The molecule has 1 aliphatic rings. The molecule has 5 heteroatoms. The van der Waals surface area contributed by atoms with Gasteiger partial charge in [0.2, 0.25) is 5.91 Å². The number of carbonyl (C=O) groups is 2. The Kier molecular flexibility index (Phi) is 6.75. The predicted octanol–water partition coefficient (Wildman–Crippen LogP) is 5.01. The van der Waals surface area contributed by atoms with Gasteiger partial charge in [-0.3, -0.25) is 9.59 Å². The van der Waals surface area contributed by atoms with E-state index in [0.29, 0.717) is 17.4 Å². The number of ketones is 1. The third kappa shape index (κ3) is 4.89. The highest BCUT2D eigenvalue weighted by Gasteiger charge is 2.23.